The van der Waals surface area contributed by atoms with E-state index in [0.29, 0.717) is 31.6 Å². The van der Waals surface area contributed by atoms with Crippen molar-refractivity contribution in [3.8, 4) is 0 Å². The minimum atomic E-state index is -0.280. The highest BCUT2D eigenvalue weighted by Crippen LogP contribution is 2.09. The van der Waals surface area contributed by atoms with E-state index in [9.17, 15) is 14.0 Å². The van der Waals surface area contributed by atoms with Gasteiger partial charge in [-0.2, -0.15) is 0 Å². The topological polar surface area (TPSA) is 65.5 Å². The maximum Gasteiger partial charge on any atom is 0.272 e. The monoisotopic (exact) mass is 384 g/mol. The highest BCUT2D eigenvalue weighted by Gasteiger charge is 2.22. The summed E-state index contributed by atoms with van der Waals surface area (Å²) < 4.78 is 12.9. The number of carbonyl (C=O) groups excluding carboxylic acids is 2. The van der Waals surface area contributed by atoms with E-state index in [1.54, 1.807) is 29.2 Å². The number of aromatic nitrogens is 1. The van der Waals surface area contributed by atoms with E-state index in [-0.39, 0.29) is 23.3 Å². The van der Waals surface area contributed by atoms with Gasteiger partial charge >= 0.3 is 0 Å². The molecule has 1 aromatic heterocycles. The van der Waals surface area contributed by atoms with Gasteiger partial charge in [0.15, 0.2) is 0 Å². The average molecular weight is 384 g/mol. The molecule has 6 nitrogen and oxygen atoms in total. The molecule has 1 aromatic carbocycles. The van der Waals surface area contributed by atoms with Gasteiger partial charge in [-0.25, -0.2) is 4.39 Å². The number of amides is 2. The lowest BCUT2D eigenvalue weighted by Gasteiger charge is -2.33. The van der Waals surface area contributed by atoms with E-state index in [1.165, 1.54) is 18.3 Å². The van der Waals surface area contributed by atoms with E-state index >= 15 is 0 Å². The molecule has 0 atom stereocenters. The number of halogens is 1. The Morgan fingerprint density at radius 3 is 2.50 bits per heavy atom. The lowest BCUT2D eigenvalue weighted by molar-refractivity contribution is 0.0637. The molecule has 0 unspecified atom stereocenters. The van der Waals surface area contributed by atoms with Gasteiger partial charge in [-0.3, -0.25) is 14.6 Å². The number of nitrogens with zero attached hydrogens (tertiary/aromatic N) is 3. The minimum absolute atomic E-state index is 0.142. The molecule has 3 rings (SSSR count). The Morgan fingerprint density at radius 2 is 1.82 bits per heavy atom. The first-order valence-corrected chi connectivity index (χ1v) is 9.57. The Balaban J connectivity index is 1.55. The van der Waals surface area contributed by atoms with E-state index in [0.717, 1.165) is 25.2 Å². The van der Waals surface area contributed by atoms with Crippen molar-refractivity contribution >= 4 is 11.8 Å². The van der Waals surface area contributed by atoms with E-state index in [1.807, 2.05) is 0 Å². The molecule has 148 valence electrons. The summed E-state index contributed by atoms with van der Waals surface area (Å²) in [6, 6.07) is 9.34. The fraction of sp³-hybridized carbons (Fsp3) is 0.381. The van der Waals surface area contributed by atoms with Gasteiger partial charge in [-0.15, -0.1) is 0 Å². The lowest BCUT2D eigenvalue weighted by Crippen LogP contribution is -2.48. The molecule has 1 fully saturated rings. The Labute approximate surface area is 164 Å². The van der Waals surface area contributed by atoms with Crippen molar-refractivity contribution in [2.24, 2.45) is 0 Å². The molecule has 7 heteroatoms. The first kappa shape index (κ1) is 19.9. The Hall–Kier alpha value is -2.80. The molecule has 2 heterocycles. The summed E-state index contributed by atoms with van der Waals surface area (Å²) >= 11 is 0. The number of hydrogen-bond donors (Lipinski definition) is 1. The quantitative estimate of drug-likeness (QED) is 0.827. The Kier molecular flexibility index (Phi) is 6.71. The van der Waals surface area contributed by atoms with Crippen LogP contribution in [0.15, 0.2) is 42.6 Å². The van der Waals surface area contributed by atoms with Crippen LogP contribution in [0.25, 0.3) is 0 Å². The van der Waals surface area contributed by atoms with Crippen LogP contribution in [-0.4, -0.2) is 65.9 Å². The number of likely N-dealkylation sites (N-methyl/N-ethyl adjacent to an activating group) is 1. The summed E-state index contributed by atoms with van der Waals surface area (Å²) in [5, 5.41) is 2.83. The van der Waals surface area contributed by atoms with Crippen molar-refractivity contribution in [1.29, 1.82) is 0 Å². The van der Waals surface area contributed by atoms with Gasteiger partial charge in [0.05, 0.1) is 0 Å². The number of carbonyl (C=O) groups is 2. The van der Waals surface area contributed by atoms with Crippen LogP contribution in [-0.2, 0) is 6.42 Å². The standard InChI is InChI=1S/C21H25FN4O2/c1-2-25-11-13-26(14-12-25)21(28)19-15-17(8-10-23-19)20(27)24-9-7-16-3-5-18(22)6-4-16/h3-6,8,10,15H,2,7,9,11-14H2,1H3,(H,24,27). The third kappa shape index (κ3) is 5.13. The molecule has 0 radical (unpaired) electrons. The minimum Gasteiger partial charge on any atom is -0.352 e. The fourth-order valence-electron chi connectivity index (χ4n) is 3.19. The number of piperazine rings is 1. The summed E-state index contributed by atoms with van der Waals surface area (Å²) in [6.45, 7) is 6.56. The molecule has 1 saturated heterocycles. The van der Waals surface area contributed by atoms with Crippen LogP contribution < -0.4 is 5.32 Å². The number of rotatable bonds is 6. The number of hydrogen-bond acceptors (Lipinski definition) is 4. The van der Waals surface area contributed by atoms with Crippen molar-refractivity contribution < 1.29 is 14.0 Å². The Bertz CT molecular complexity index is 817. The van der Waals surface area contributed by atoms with Gasteiger partial charge in [-0.05, 0) is 42.8 Å². The van der Waals surface area contributed by atoms with Gasteiger partial charge in [0.1, 0.15) is 11.5 Å². The molecule has 2 amide bonds. The highest BCUT2D eigenvalue weighted by molar-refractivity contribution is 5.98. The largest absolute Gasteiger partial charge is 0.352 e. The molecule has 28 heavy (non-hydrogen) atoms. The molecule has 1 N–H and O–H groups in total. The summed E-state index contributed by atoms with van der Waals surface area (Å²) in [6.07, 6.45) is 2.09. The van der Waals surface area contributed by atoms with Crippen molar-refractivity contribution in [2.75, 3.05) is 39.3 Å². The van der Waals surface area contributed by atoms with Crippen LogP contribution in [0.5, 0.6) is 0 Å². The Morgan fingerprint density at radius 1 is 1.11 bits per heavy atom. The van der Waals surface area contributed by atoms with Crippen LogP contribution in [0, 0.1) is 5.82 Å². The summed E-state index contributed by atoms with van der Waals surface area (Å²) in [5.41, 5.74) is 1.64. The number of nitrogens with one attached hydrogen (secondary N) is 1. The van der Waals surface area contributed by atoms with E-state index < -0.39 is 0 Å². The SMILES string of the molecule is CCN1CCN(C(=O)c2cc(C(=O)NCCc3ccc(F)cc3)ccn2)CC1. The summed E-state index contributed by atoms with van der Waals surface area (Å²) in [4.78, 5) is 33.3. The molecule has 0 saturated carbocycles. The zero-order valence-electron chi connectivity index (χ0n) is 16.0. The summed E-state index contributed by atoms with van der Waals surface area (Å²) in [7, 11) is 0. The van der Waals surface area contributed by atoms with Crippen LogP contribution in [0.4, 0.5) is 4.39 Å². The molecule has 1 aliphatic rings. The van der Waals surface area contributed by atoms with Crippen LogP contribution in [0.3, 0.4) is 0 Å². The normalized spacial score (nSPS) is 14.7. The maximum atomic E-state index is 12.9. The molecule has 0 spiro atoms. The van der Waals surface area contributed by atoms with Crippen molar-refractivity contribution in [3.05, 3.63) is 65.2 Å². The van der Waals surface area contributed by atoms with E-state index in [2.05, 4.69) is 22.1 Å². The zero-order chi connectivity index (χ0) is 19.9. The smallest absolute Gasteiger partial charge is 0.272 e. The third-order valence-corrected chi connectivity index (χ3v) is 4.96. The molecule has 0 bridgehead atoms. The van der Waals surface area contributed by atoms with Gasteiger partial charge < -0.3 is 15.1 Å². The van der Waals surface area contributed by atoms with Crippen molar-refractivity contribution in [2.45, 2.75) is 13.3 Å². The van der Waals surface area contributed by atoms with Gasteiger partial charge in [0.2, 0.25) is 0 Å². The highest BCUT2D eigenvalue weighted by atomic mass is 19.1. The predicted octanol–water partition coefficient (Wildman–Crippen LogP) is 1.97. The second-order valence-electron chi connectivity index (χ2n) is 6.79. The second kappa shape index (κ2) is 9.41. The number of benzene rings is 1. The van der Waals surface area contributed by atoms with Crippen LogP contribution in [0.2, 0.25) is 0 Å². The predicted molar refractivity (Wildman–Crippen MR) is 105 cm³/mol. The maximum absolute atomic E-state index is 12.9. The van der Waals surface area contributed by atoms with Gasteiger partial charge in [0, 0.05) is 44.5 Å². The van der Waals surface area contributed by atoms with Crippen LogP contribution >= 0.6 is 0 Å². The second-order valence-corrected chi connectivity index (χ2v) is 6.79. The molecular weight excluding hydrogens is 359 g/mol. The summed E-state index contributed by atoms with van der Waals surface area (Å²) in [5.74, 6) is -0.677. The third-order valence-electron chi connectivity index (χ3n) is 4.96. The zero-order valence-corrected chi connectivity index (χ0v) is 16.0. The first-order chi connectivity index (χ1) is 13.6. The van der Waals surface area contributed by atoms with Crippen molar-refractivity contribution in [3.63, 3.8) is 0 Å². The van der Waals surface area contributed by atoms with Gasteiger partial charge in [0.25, 0.3) is 11.8 Å². The molecule has 2 aromatic rings. The van der Waals surface area contributed by atoms with Gasteiger partial charge in [-0.1, -0.05) is 19.1 Å². The van der Waals surface area contributed by atoms with Crippen LogP contribution in [0.1, 0.15) is 33.3 Å². The molecule has 1 aliphatic heterocycles. The van der Waals surface area contributed by atoms with E-state index in [4.69, 9.17) is 0 Å². The molecule has 0 aliphatic carbocycles. The van der Waals surface area contributed by atoms with Crippen molar-refractivity contribution in [1.82, 2.24) is 20.1 Å². The average Bonchev–Trinajstić information content (AvgIpc) is 2.74. The number of pyridine rings is 1. The molecular formula is C21H25FN4O2. The first-order valence-electron chi connectivity index (χ1n) is 9.57. The fourth-order valence-corrected chi connectivity index (χ4v) is 3.19. The lowest BCUT2D eigenvalue weighted by atomic mass is 10.1.